The first-order valence-electron chi connectivity index (χ1n) is 9.83. The number of nitrogens with zero attached hydrogens (tertiary/aromatic N) is 3. The van der Waals surface area contributed by atoms with Crippen LogP contribution in [0.1, 0.15) is 31.3 Å². The van der Waals surface area contributed by atoms with Crippen LogP contribution >= 0.6 is 11.8 Å². The number of halogens is 1. The Hall–Kier alpha value is -3.07. The molecule has 0 saturated heterocycles. The lowest BCUT2D eigenvalue weighted by atomic mass is 10.2. The zero-order valence-electron chi connectivity index (χ0n) is 17.9. The summed E-state index contributed by atoms with van der Waals surface area (Å²) >= 11 is 1.27. The van der Waals surface area contributed by atoms with Gasteiger partial charge in [-0.15, -0.1) is 10.2 Å². The SMILES string of the molecule is CCn1c(SCC(=O)Nc2cc(F)ccc2C)nnc1C(C)Oc1ccc(OC)cc1. The number of carbonyl (C=O) groups excluding carboxylic acids is 1. The standard InChI is InChI=1S/C22H25FN4O3S/c1-5-27-21(15(3)30-18-10-8-17(29-4)9-11-18)25-26-22(27)31-13-20(28)24-19-12-16(23)7-6-14(19)2/h6-12,15H,5,13H2,1-4H3,(H,24,28). The number of benzene rings is 2. The van der Waals surface area contributed by atoms with E-state index in [1.165, 1.54) is 23.9 Å². The van der Waals surface area contributed by atoms with Crippen molar-refractivity contribution in [1.82, 2.24) is 14.8 Å². The molecular formula is C22H25FN4O3S. The van der Waals surface area contributed by atoms with Gasteiger partial charge in [-0.05, 0) is 62.7 Å². The Kier molecular flexibility index (Phi) is 7.51. The fourth-order valence-electron chi connectivity index (χ4n) is 2.96. The van der Waals surface area contributed by atoms with Gasteiger partial charge in [0.15, 0.2) is 17.1 Å². The van der Waals surface area contributed by atoms with Gasteiger partial charge in [0, 0.05) is 12.2 Å². The minimum absolute atomic E-state index is 0.127. The first-order chi connectivity index (χ1) is 14.9. The predicted molar refractivity (Wildman–Crippen MR) is 118 cm³/mol. The van der Waals surface area contributed by atoms with E-state index in [9.17, 15) is 9.18 Å². The number of rotatable bonds is 9. The summed E-state index contributed by atoms with van der Waals surface area (Å²) in [6.45, 7) is 6.32. The van der Waals surface area contributed by atoms with Crippen molar-refractivity contribution >= 4 is 23.4 Å². The molecule has 1 aromatic heterocycles. The van der Waals surface area contributed by atoms with Crippen LogP contribution in [0.3, 0.4) is 0 Å². The summed E-state index contributed by atoms with van der Waals surface area (Å²) in [7, 11) is 1.61. The molecule has 1 unspecified atom stereocenters. The largest absolute Gasteiger partial charge is 0.497 e. The lowest BCUT2D eigenvalue weighted by molar-refractivity contribution is -0.113. The quantitative estimate of drug-likeness (QED) is 0.485. The summed E-state index contributed by atoms with van der Waals surface area (Å²) in [4.78, 5) is 12.3. The van der Waals surface area contributed by atoms with Gasteiger partial charge in [-0.2, -0.15) is 0 Å². The maximum absolute atomic E-state index is 13.4. The molecule has 31 heavy (non-hydrogen) atoms. The molecule has 9 heteroatoms. The van der Waals surface area contributed by atoms with Crippen molar-refractivity contribution in [3.8, 4) is 11.5 Å². The number of hydrogen-bond acceptors (Lipinski definition) is 6. The van der Waals surface area contributed by atoms with Gasteiger partial charge in [0.05, 0.1) is 12.9 Å². The van der Waals surface area contributed by atoms with Crippen molar-refractivity contribution < 1.29 is 18.7 Å². The van der Waals surface area contributed by atoms with E-state index in [4.69, 9.17) is 9.47 Å². The molecule has 0 fully saturated rings. The van der Waals surface area contributed by atoms with Gasteiger partial charge in [0.2, 0.25) is 5.91 Å². The van der Waals surface area contributed by atoms with Crippen molar-refractivity contribution in [1.29, 1.82) is 0 Å². The molecule has 0 radical (unpaired) electrons. The highest BCUT2D eigenvalue weighted by atomic mass is 32.2. The second-order valence-corrected chi connectivity index (χ2v) is 7.76. The Morgan fingerprint density at radius 2 is 1.90 bits per heavy atom. The van der Waals surface area contributed by atoms with Crippen LogP contribution in [0.2, 0.25) is 0 Å². The van der Waals surface area contributed by atoms with Gasteiger partial charge < -0.3 is 19.4 Å². The molecule has 1 atom stereocenters. The van der Waals surface area contributed by atoms with E-state index >= 15 is 0 Å². The number of carbonyl (C=O) groups is 1. The Bertz CT molecular complexity index is 1040. The van der Waals surface area contributed by atoms with Gasteiger partial charge in [0.1, 0.15) is 17.3 Å². The molecule has 0 aliphatic rings. The zero-order valence-corrected chi connectivity index (χ0v) is 18.7. The predicted octanol–water partition coefficient (Wildman–Crippen LogP) is 4.62. The van der Waals surface area contributed by atoms with E-state index in [-0.39, 0.29) is 17.8 Å². The van der Waals surface area contributed by atoms with E-state index < -0.39 is 5.82 Å². The normalized spacial score (nSPS) is 11.8. The average Bonchev–Trinajstić information content (AvgIpc) is 3.18. The molecule has 1 amide bonds. The molecule has 0 saturated carbocycles. The molecule has 1 N–H and O–H groups in total. The lowest BCUT2D eigenvalue weighted by Gasteiger charge is -2.16. The summed E-state index contributed by atoms with van der Waals surface area (Å²) in [5, 5.41) is 11.8. The second-order valence-electron chi connectivity index (χ2n) is 6.82. The van der Waals surface area contributed by atoms with E-state index in [0.29, 0.717) is 29.0 Å². The number of amides is 1. The number of hydrogen-bond donors (Lipinski definition) is 1. The molecular weight excluding hydrogens is 419 g/mol. The number of nitrogens with one attached hydrogen (secondary N) is 1. The van der Waals surface area contributed by atoms with Crippen molar-refractivity contribution in [3.63, 3.8) is 0 Å². The van der Waals surface area contributed by atoms with Crippen molar-refractivity contribution in [2.75, 3.05) is 18.2 Å². The van der Waals surface area contributed by atoms with Crippen LogP contribution in [-0.2, 0) is 11.3 Å². The Morgan fingerprint density at radius 1 is 1.19 bits per heavy atom. The van der Waals surface area contributed by atoms with Crippen molar-refractivity contribution in [2.45, 2.75) is 38.6 Å². The molecule has 3 aromatic rings. The number of methoxy groups -OCH3 is 1. The summed E-state index contributed by atoms with van der Waals surface area (Å²) in [5.74, 6) is 1.60. The maximum atomic E-state index is 13.4. The van der Waals surface area contributed by atoms with Crippen molar-refractivity contribution in [3.05, 3.63) is 59.7 Å². The third-order valence-corrected chi connectivity index (χ3v) is 5.57. The monoisotopic (exact) mass is 444 g/mol. The molecule has 0 aliphatic carbocycles. The summed E-state index contributed by atoms with van der Waals surface area (Å²) < 4.78 is 26.5. The first-order valence-corrected chi connectivity index (χ1v) is 10.8. The van der Waals surface area contributed by atoms with Gasteiger partial charge in [0.25, 0.3) is 0 Å². The van der Waals surface area contributed by atoms with Crippen molar-refractivity contribution in [2.24, 2.45) is 0 Å². The summed E-state index contributed by atoms with van der Waals surface area (Å²) in [6, 6.07) is 11.6. The molecule has 3 rings (SSSR count). The van der Waals surface area contributed by atoms with Crippen LogP contribution in [0, 0.1) is 12.7 Å². The summed E-state index contributed by atoms with van der Waals surface area (Å²) in [5.41, 5.74) is 1.26. The van der Waals surface area contributed by atoms with Gasteiger partial charge in [-0.1, -0.05) is 17.8 Å². The highest BCUT2D eigenvalue weighted by Gasteiger charge is 2.19. The van der Waals surface area contributed by atoms with E-state index in [2.05, 4.69) is 15.5 Å². The minimum Gasteiger partial charge on any atom is -0.497 e. The average molecular weight is 445 g/mol. The maximum Gasteiger partial charge on any atom is 0.234 e. The zero-order chi connectivity index (χ0) is 22.4. The van der Waals surface area contributed by atoms with Crippen LogP contribution in [0.5, 0.6) is 11.5 Å². The van der Waals surface area contributed by atoms with Crippen LogP contribution in [0.4, 0.5) is 10.1 Å². The number of anilines is 1. The van der Waals surface area contributed by atoms with Crippen LogP contribution < -0.4 is 14.8 Å². The highest BCUT2D eigenvalue weighted by Crippen LogP contribution is 2.26. The van der Waals surface area contributed by atoms with Crippen LogP contribution in [0.15, 0.2) is 47.6 Å². The van der Waals surface area contributed by atoms with Gasteiger partial charge in [-0.25, -0.2) is 4.39 Å². The van der Waals surface area contributed by atoms with Crippen LogP contribution in [-0.4, -0.2) is 33.5 Å². The fourth-order valence-corrected chi connectivity index (χ4v) is 3.77. The Labute approximate surface area is 185 Å². The first kappa shape index (κ1) is 22.6. The topological polar surface area (TPSA) is 78.3 Å². The summed E-state index contributed by atoms with van der Waals surface area (Å²) in [6.07, 6.45) is -0.334. The number of thioether (sulfide) groups is 1. The van der Waals surface area contributed by atoms with E-state index in [0.717, 1.165) is 11.3 Å². The molecule has 0 spiro atoms. The van der Waals surface area contributed by atoms with Gasteiger partial charge in [-0.3, -0.25) is 4.79 Å². The number of ether oxygens (including phenoxy) is 2. The fraction of sp³-hybridized carbons (Fsp3) is 0.318. The molecule has 7 nitrogen and oxygen atoms in total. The van der Waals surface area contributed by atoms with E-state index in [1.807, 2.05) is 49.6 Å². The number of aromatic nitrogens is 3. The third-order valence-electron chi connectivity index (χ3n) is 4.60. The molecule has 0 bridgehead atoms. The number of aryl methyl sites for hydroxylation is 1. The molecule has 1 heterocycles. The minimum atomic E-state index is -0.394. The second kappa shape index (κ2) is 10.3. The highest BCUT2D eigenvalue weighted by molar-refractivity contribution is 7.99. The molecule has 164 valence electrons. The van der Waals surface area contributed by atoms with Gasteiger partial charge >= 0.3 is 0 Å². The third kappa shape index (κ3) is 5.75. The lowest BCUT2D eigenvalue weighted by Crippen LogP contribution is -2.16. The Balaban J connectivity index is 1.63. The molecule has 0 aliphatic heterocycles. The van der Waals surface area contributed by atoms with Crippen LogP contribution in [0.25, 0.3) is 0 Å². The smallest absolute Gasteiger partial charge is 0.234 e. The molecule has 2 aromatic carbocycles. The Morgan fingerprint density at radius 3 is 2.58 bits per heavy atom. The van der Waals surface area contributed by atoms with E-state index in [1.54, 1.807) is 13.2 Å².